The third kappa shape index (κ3) is 4.34. The number of carbonyl (C=O) groups is 2. The third-order valence-electron chi connectivity index (χ3n) is 2.16. The summed E-state index contributed by atoms with van der Waals surface area (Å²) in [5, 5.41) is 16.7. The summed E-state index contributed by atoms with van der Waals surface area (Å²) >= 11 is 0. The van der Waals surface area contributed by atoms with Crippen LogP contribution in [0.25, 0.3) is 0 Å². The molecule has 0 aliphatic heterocycles. The molecule has 0 bridgehead atoms. The van der Waals surface area contributed by atoms with Gasteiger partial charge in [-0.1, -0.05) is 0 Å². The summed E-state index contributed by atoms with van der Waals surface area (Å²) in [5.74, 6) is -0.645. The molecule has 1 unspecified atom stereocenters. The number of ether oxygens (including phenoxy) is 2. The van der Waals surface area contributed by atoms with Crippen LogP contribution < -0.4 is 0 Å². The van der Waals surface area contributed by atoms with Gasteiger partial charge in [0.1, 0.15) is 11.8 Å². The van der Waals surface area contributed by atoms with Crippen molar-refractivity contribution in [3.8, 4) is 0 Å². The number of aromatic nitrogens is 2. The monoisotopic (exact) mass is 285 g/mol. The highest BCUT2D eigenvalue weighted by atomic mass is 16.6. The lowest BCUT2D eigenvalue weighted by molar-refractivity contribution is -0.386. The molecule has 1 rings (SSSR count). The van der Waals surface area contributed by atoms with E-state index in [1.54, 1.807) is 20.8 Å². The van der Waals surface area contributed by atoms with Crippen LogP contribution in [0.1, 0.15) is 39.0 Å². The number of rotatable bonds is 6. The lowest BCUT2D eigenvalue weighted by Gasteiger charge is -2.21. The van der Waals surface area contributed by atoms with E-state index in [1.807, 2.05) is 0 Å². The first-order valence-corrected chi connectivity index (χ1v) is 5.73. The number of carbonyl (C=O) groups excluding carboxylic acids is 2. The average Bonchev–Trinajstić information content (AvgIpc) is 2.74. The lowest BCUT2D eigenvalue weighted by Crippen LogP contribution is -2.25. The van der Waals surface area contributed by atoms with Crippen LogP contribution in [-0.4, -0.2) is 33.2 Å². The number of aromatic amines is 1. The first-order valence-electron chi connectivity index (χ1n) is 5.73. The Morgan fingerprint density at radius 1 is 1.60 bits per heavy atom. The highest BCUT2D eigenvalue weighted by molar-refractivity contribution is 5.71. The molecule has 0 aliphatic rings. The minimum atomic E-state index is -1.15. The zero-order valence-electron chi connectivity index (χ0n) is 11.3. The summed E-state index contributed by atoms with van der Waals surface area (Å²) in [6.45, 7) is 5.15. The van der Waals surface area contributed by atoms with E-state index < -0.39 is 22.6 Å². The average molecular weight is 285 g/mol. The number of esters is 1. The van der Waals surface area contributed by atoms with Crippen molar-refractivity contribution in [1.29, 1.82) is 0 Å². The quantitative estimate of drug-likeness (QED) is 0.361. The van der Waals surface area contributed by atoms with Crippen LogP contribution in [0.2, 0.25) is 0 Å². The maximum atomic E-state index is 11.7. The number of hydrogen-bond donors (Lipinski definition) is 1. The molecule has 0 radical (unpaired) electrons. The minimum absolute atomic E-state index is 0.0621. The molecular formula is C11H15N3O6. The fourth-order valence-electron chi connectivity index (χ4n) is 1.49. The van der Waals surface area contributed by atoms with E-state index in [0.29, 0.717) is 0 Å². The van der Waals surface area contributed by atoms with Gasteiger partial charge in [-0.2, -0.15) is 5.10 Å². The minimum Gasteiger partial charge on any atom is -0.460 e. The molecule has 0 aromatic carbocycles. The fraction of sp³-hybridized carbons (Fsp3) is 0.545. The van der Waals surface area contributed by atoms with Gasteiger partial charge in [-0.05, 0) is 20.8 Å². The second-order valence-electron chi connectivity index (χ2n) is 4.94. The molecule has 1 N–H and O–H groups in total. The molecule has 9 heteroatoms. The van der Waals surface area contributed by atoms with E-state index in [9.17, 15) is 19.7 Å². The Morgan fingerprint density at radius 3 is 2.75 bits per heavy atom. The van der Waals surface area contributed by atoms with Crippen molar-refractivity contribution < 1.29 is 24.0 Å². The van der Waals surface area contributed by atoms with Gasteiger partial charge in [0.2, 0.25) is 0 Å². The molecule has 0 saturated carbocycles. The van der Waals surface area contributed by atoms with Gasteiger partial charge in [0.25, 0.3) is 6.47 Å². The van der Waals surface area contributed by atoms with Crippen molar-refractivity contribution in [1.82, 2.24) is 10.2 Å². The van der Waals surface area contributed by atoms with Crippen LogP contribution in [0, 0.1) is 10.1 Å². The van der Waals surface area contributed by atoms with Gasteiger partial charge >= 0.3 is 11.7 Å². The Labute approximate surface area is 114 Å². The second kappa shape index (κ2) is 6.13. The van der Waals surface area contributed by atoms with Gasteiger partial charge in [0.15, 0.2) is 11.8 Å². The predicted octanol–water partition coefficient (Wildman–Crippen LogP) is 1.26. The van der Waals surface area contributed by atoms with Crippen LogP contribution >= 0.6 is 0 Å². The number of nitrogens with zero attached hydrogens (tertiary/aromatic N) is 2. The van der Waals surface area contributed by atoms with Gasteiger partial charge in [0.05, 0.1) is 11.3 Å². The van der Waals surface area contributed by atoms with Gasteiger partial charge in [-0.25, -0.2) is 0 Å². The molecule has 110 valence electrons. The van der Waals surface area contributed by atoms with Gasteiger partial charge < -0.3 is 9.47 Å². The fourth-order valence-corrected chi connectivity index (χ4v) is 1.49. The molecule has 1 atom stereocenters. The Balaban J connectivity index is 2.89. The van der Waals surface area contributed by atoms with E-state index in [2.05, 4.69) is 10.2 Å². The second-order valence-corrected chi connectivity index (χ2v) is 4.94. The molecular weight excluding hydrogens is 270 g/mol. The molecule has 20 heavy (non-hydrogen) atoms. The first kappa shape index (κ1) is 15.6. The van der Waals surface area contributed by atoms with Crippen molar-refractivity contribution in [2.45, 2.75) is 38.9 Å². The Hall–Kier alpha value is -2.45. The first-order chi connectivity index (χ1) is 9.24. The SMILES string of the molecule is CC(C)(C)OC(=O)CC(OC=O)c1[nH]ncc1[N+](=O)[O-]. The molecule has 9 nitrogen and oxygen atoms in total. The molecule has 0 fully saturated rings. The third-order valence-corrected chi connectivity index (χ3v) is 2.16. The molecule has 0 spiro atoms. The molecule has 0 saturated heterocycles. The van der Waals surface area contributed by atoms with Crippen LogP contribution in [0.15, 0.2) is 6.20 Å². The van der Waals surface area contributed by atoms with E-state index in [4.69, 9.17) is 9.47 Å². The molecule has 1 aromatic heterocycles. The Kier molecular flexibility index (Phi) is 4.78. The Morgan fingerprint density at radius 2 is 2.25 bits per heavy atom. The van der Waals surface area contributed by atoms with E-state index >= 15 is 0 Å². The summed E-state index contributed by atoms with van der Waals surface area (Å²) in [7, 11) is 0. The van der Waals surface area contributed by atoms with Crippen LogP contribution in [0.3, 0.4) is 0 Å². The van der Waals surface area contributed by atoms with E-state index in [1.165, 1.54) is 0 Å². The number of nitro groups is 1. The molecule has 1 aromatic rings. The van der Waals surface area contributed by atoms with Gasteiger partial charge in [-0.15, -0.1) is 0 Å². The molecule has 1 heterocycles. The van der Waals surface area contributed by atoms with Gasteiger partial charge in [-0.3, -0.25) is 24.8 Å². The standard InChI is InChI=1S/C11H15N3O6/c1-11(2,3)20-9(16)4-8(19-6-15)10-7(14(17)18)5-12-13-10/h5-6,8H,4H2,1-3H3,(H,12,13). The number of H-pyrrole nitrogens is 1. The largest absolute Gasteiger partial charge is 0.460 e. The van der Waals surface area contributed by atoms with Crippen LogP contribution in [0.4, 0.5) is 5.69 Å². The van der Waals surface area contributed by atoms with Crippen molar-refractivity contribution in [3.05, 3.63) is 22.0 Å². The van der Waals surface area contributed by atoms with Crippen LogP contribution in [0.5, 0.6) is 0 Å². The van der Waals surface area contributed by atoms with Crippen molar-refractivity contribution in [2.24, 2.45) is 0 Å². The lowest BCUT2D eigenvalue weighted by atomic mass is 10.1. The maximum absolute atomic E-state index is 11.7. The Bertz CT molecular complexity index is 505. The highest BCUT2D eigenvalue weighted by Gasteiger charge is 2.30. The molecule has 0 amide bonds. The topological polar surface area (TPSA) is 124 Å². The van der Waals surface area contributed by atoms with Crippen LogP contribution in [-0.2, 0) is 19.1 Å². The van der Waals surface area contributed by atoms with Crippen molar-refractivity contribution >= 4 is 18.1 Å². The zero-order chi connectivity index (χ0) is 15.3. The number of nitrogens with one attached hydrogen (secondary N) is 1. The number of hydrogen-bond acceptors (Lipinski definition) is 7. The highest BCUT2D eigenvalue weighted by Crippen LogP contribution is 2.28. The smallest absolute Gasteiger partial charge is 0.313 e. The summed E-state index contributed by atoms with van der Waals surface area (Å²) in [4.78, 5) is 32.3. The van der Waals surface area contributed by atoms with E-state index in [0.717, 1.165) is 6.20 Å². The normalized spacial score (nSPS) is 12.6. The maximum Gasteiger partial charge on any atom is 0.313 e. The summed E-state index contributed by atoms with van der Waals surface area (Å²) in [5.41, 5.74) is -1.13. The summed E-state index contributed by atoms with van der Waals surface area (Å²) in [6, 6.07) is 0. The summed E-state index contributed by atoms with van der Waals surface area (Å²) in [6.07, 6.45) is -0.518. The molecule has 0 aliphatic carbocycles. The zero-order valence-corrected chi connectivity index (χ0v) is 11.3. The predicted molar refractivity (Wildman–Crippen MR) is 65.6 cm³/mol. The van der Waals surface area contributed by atoms with Gasteiger partial charge in [0, 0.05) is 0 Å². The van der Waals surface area contributed by atoms with Crippen molar-refractivity contribution in [2.75, 3.05) is 0 Å². The van der Waals surface area contributed by atoms with Crippen molar-refractivity contribution in [3.63, 3.8) is 0 Å². The van der Waals surface area contributed by atoms with E-state index in [-0.39, 0.29) is 24.3 Å². The summed E-state index contributed by atoms with van der Waals surface area (Å²) < 4.78 is 9.78.